The summed E-state index contributed by atoms with van der Waals surface area (Å²) >= 11 is 0. The summed E-state index contributed by atoms with van der Waals surface area (Å²) in [5.74, 6) is -1.66. The highest BCUT2D eigenvalue weighted by atomic mass is 19.4. The van der Waals surface area contributed by atoms with E-state index in [1.54, 1.807) is 6.08 Å². The Labute approximate surface area is 146 Å². The van der Waals surface area contributed by atoms with Crippen molar-refractivity contribution >= 4 is 5.78 Å². The molecular weight excluding hydrogens is 313 g/mol. The van der Waals surface area contributed by atoms with E-state index in [0.717, 1.165) is 19.3 Å². The van der Waals surface area contributed by atoms with Crippen LogP contribution < -0.4 is 0 Å². The van der Waals surface area contributed by atoms with Crippen LogP contribution in [0.1, 0.15) is 103 Å². The highest BCUT2D eigenvalue weighted by Gasteiger charge is 2.36. The molecule has 0 rings (SSSR count). The molecule has 0 aromatic rings. The number of allylic oxidation sites excluding steroid dienone is 2. The lowest BCUT2D eigenvalue weighted by Gasteiger charge is -2.02. The van der Waals surface area contributed by atoms with Crippen LogP contribution in [-0.4, -0.2) is 12.0 Å². The Kier molecular flexibility index (Phi) is 15.2. The molecule has 0 N–H and O–H groups in total. The second-order valence-corrected chi connectivity index (χ2v) is 6.63. The van der Waals surface area contributed by atoms with Crippen molar-refractivity contribution in [1.29, 1.82) is 0 Å². The summed E-state index contributed by atoms with van der Waals surface area (Å²) in [6.07, 6.45) is 15.3. The van der Waals surface area contributed by atoms with Gasteiger partial charge in [-0.25, -0.2) is 0 Å². The molecule has 0 atom stereocenters. The number of halogens is 3. The number of alkyl halides is 3. The van der Waals surface area contributed by atoms with E-state index in [-0.39, 0.29) is 0 Å². The molecule has 0 aromatic heterocycles. The molecule has 0 aliphatic carbocycles. The van der Waals surface area contributed by atoms with Crippen LogP contribution in [0.25, 0.3) is 0 Å². The van der Waals surface area contributed by atoms with Crippen molar-refractivity contribution in [1.82, 2.24) is 0 Å². The maximum absolute atomic E-state index is 12.0. The third kappa shape index (κ3) is 16.1. The van der Waals surface area contributed by atoms with Gasteiger partial charge in [0.05, 0.1) is 0 Å². The minimum absolute atomic E-state index is 0.526. The van der Waals surface area contributed by atoms with Gasteiger partial charge in [-0.15, -0.1) is 0 Å². The molecule has 0 aromatic carbocycles. The van der Waals surface area contributed by atoms with Gasteiger partial charge in [0.25, 0.3) is 0 Å². The predicted molar refractivity (Wildman–Crippen MR) is 95.1 cm³/mol. The largest absolute Gasteiger partial charge is 0.450 e. The van der Waals surface area contributed by atoms with Gasteiger partial charge in [-0.3, -0.25) is 4.79 Å². The molecule has 0 amide bonds. The van der Waals surface area contributed by atoms with E-state index >= 15 is 0 Å². The molecule has 0 aliphatic rings. The fourth-order valence-corrected chi connectivity index (χ4v) is 2.70. The van der Waals surface area contributed by atoms with Crippen molar-refractivity contribution in [3.8, 4) is 0 Å². The number of hydrogen-bond donors (Lipinski definition) is 0. The number of ketones is 1. The number of Topliss-reactive ketones (excluding diaryl/α,β-unsaturated/α-hetero) is 1. The zero-order valence-electron chi connectivity index (χ0n) is 15.3. The molecule has 0 spiro atoms. The first kappa shape index (κ1) is 23.2. The average Bonchev–Trinajstić information content (AvgIpc) is 2.53. The van der Waals surface area contributed by atoms with Gasteiger partial charge in [-0.05, 0) is 12.8 Å². The third-order valence-electron chi connectivity index (χ3n) is 4.26. The van der Waals surface area contributed by atoms with E-state index in [2.05, 4.69) is 6.92 Å². The molecule has 1 nitrogen and oxygen atoms in total. The highest BCUT2D eigenvalue weighted by molar-refractivity contribution is 5.85. The summed E-state index contributed by atoms with van der Waals surface area (Å²) in [4.78, 5) is 10.6. The second kappa shape index (κ2) is 15.7. The van der Waals surface area contributed by atoms with Gasteiger partial charge in [0.1, 0.15) is 0 Å². The Balaban J connectivity index is 3.22. The fourth-order valence-electron chi connectivity index (χ4n) is 2.70. The monoisotopic (exact) mass is 348 g/mol. The Morgan fingerprint density at radius 2 is 1.12 bits per heavy atom. The first-order chi connectivity index (χ1) is 11.5. The number of carbonyl (C=O) groups is 1. The Morgan fingerprint density at radius 3 is 1.54 bits per heavy atom. The lowest BCUT2D eigenvalue weighted by atomic mass is 10.0. The number of unbranched alkanes of at least 4 members (excludes halogenated alkanes) is 13. The van der Waals surface area contributed by atoms with Crippen molar-refractivity contribution in [3.63, 3.8) is 0 Å². The number of rotatable bonds is 16. The molecular formula is C20H35F3O. The van der Waals surface area contributed by atoms with Crippen molar-refractivity contribution in [2.24, 2.45) is 0 Å². The van der Waals surface area contributed by atoms with Crippen LogP contribution in [-0.2, 0) is 4.79 Å². The Morgan fingerprint density at radius 1 is 0.708 bits per heavy atom. The number of hydrogen-bond acceptors (Lipinski definition) is 1. The molecule has 0 unspecified atom stereocenters. The normalized spacial score (nSPS) is 12.2. The molecule has 0 heterocycles. The van der Waals surface area contributed by atoms with E-state index in [1.807, 2.05) is 0 Å². The minimum atomic E-state index is -4.69. The zero-order valence-corrected chi connectivity index (χ0v) is 15.3. The molecule has 0 radical (unpaired) electrons. The predicted octanol–water partition coefficient (Wildman–Crippen LogP) is 7.55. The topological polar surface area (TPSA) is 17.1 Å². The summed E-state index contributed by atoms with van der Waals surface area (Å²) < 4.78 is 35.9. The van der Waals surface area contributed by atoms with Gasteiger partial charge in [-0.2, -0.15) is 13.2 Å². The van der Waals surface area contributed by atoms with E-state index in [1.165, 1.54) is 76.7 Å². The SMILES string of the molecule is CCCCCCCCCCCCCCC/C=C/CC(=O)C(F)(F)F. The van der Waals surface area contributed by atoms with Gasteiger partial charge in [0.15, 0.2) is 0 Å². The smallest absolute Gasteiger partial charge is 0.289 e. The molecule has 0 aliphatic heterocycles. The first-order valence-corrected chi connectivity index (χ1v) is 9.73. The van der Waals surface area contributed by atoms with Crippen LogP contribution in [0, 0.1) is 0 Å². The summed E-state index contributed by atoms with van der Waals surface area (Å²) in [6, 6.07) is 0. The van der Waals surface area contributed by atoms with Gasteiger partial charge in [-0.1, -0.05) is 96.1 Å². The first-order valence-electron chi connectivity index (χ1n) is 9.73. The van der Waals surface area contributed by atoms with Crippen LogP contribution in [0.15, 0.2) is 12.2 Å². The number of carbonyl (C=O) groups excluding carboxylic acids is 1. The standard InChI is InChI=1S/C20H35F3O/c1-2-3-4-5-6-7-8-9-10-11-12-13-14-15-16-17-18-19(24)20(21,22)23/h16-17H,2-15,18H2,1H3/b17-16+. The van der Waals surface area contributed by atoms with Crippen molar-refractivity contribution in [2.45, 2.75) is 109 Å². The third-order valence-corrected chi connectivity index (χ3v) is 4.26. The highest BCUT2D eigenvalue weighted by Crippen LogP contribution is 2.18. The van der Waals surface area contributed by atoms with Gasteiger partial charge >= 0.3 is 6.18 Å². The summed E-state index contributed by atoms with van der Waals surface area (Å²) in [5.41, 5.74) is 0. The maximum atomic E-state index is 12.0. The van der Waals surface area contributed by atoms with Crippen LogP contribution in [0.5, 0.6) is 0 Å². The van der Waals surface area contributed by atoms with E-state index in [0.29, 0.717) is 0 Å². The molecule has 0 fully saturated rings. The summed E-state index contributed by atoms with van der Waals surface area (Å²) in [5, 5.41) is 0. The summed E-state index contributed by atoms with van der Waals surface area (Å²) in [7, 11) is 0. The minimum Gasteiger partial charge on any atom is -0.289 e. The Hall–Kier alpha value is -0.800. The quantitative estimate of drug-likeness (QED) is 0.208. The van der Waals surface area contributed by atoms with E-state index in [4.69, 9.17) is 0 Å². The van der Waals surface area contributed by atoms with Crippen LogP contribution in [0.2, 0.25) is 0 Å². The molecule has 0 saturated carbocycles. The van der Waals surface area contributed by atoms with Crippen LogP contribution >= 0.6 is 0 Å². The van der Waals surface area contributed by atoms with Crippen LogP contribution in [0.3, 0.4) is 0 Å². The lowest BCUT2D eigenvalue weighted by molar-refractivity contribution is -0.170. The average molecular weight is 348 g/mol. The zero-order chi connectivity index (χ0) is 18.1. The van der Waals surface area contributed by atoms with E-state index in [9.17, 15) is 18.0 Å². The van der Waals surface area contributed by atoms with Gasteiger partial charge in [0, 0.05) is 6.42 Å². The lowest BCUT2D eigenvalue weighted by Crippen LogP contribution is -2.21. The summed E-state index contributed by atoms with van der Waals surface area (Å²) in [6.45, 7) is 2.24. The van der Waals surface area contributed by atoms with Crippen molar-refractivity contribution in [2.75, 3.05) is 0 Å². The van der Waals surface area contributed by atoms with Crippen molar-refractivity contribution < 1.29 is 18.0 Å². The van der Waals surface area contributed by atoms with Gasteiger partial charge < -0.3 is 0 Å². The van der Waals surface area contributed by atoms with Crippen molar-refractivity contribution in [3.05, 3.63) is 12.2 Å². The maximum Gasteiger partial charge on any atom is 0.450 e. The van der Waals surface area contributed by atoms with Gasteiger partial charge in [0.2, 0.25) is 5.78 Å². The van der Waals surface area contributed by atoms with Crippen LogP contribution in [0.4, 0.5) is 13.2 Å². The van der Waals surface area contributed by atoms with E-state index < -0.39 is 18.4 Å². The Bertz CT molecular complexity index is 321. The molecule has 0 saturated heterocycles. The molecule has 142 valence electrons. The second-order valence-electron chi connectivity index (χ2n) is 6.63. The fraction of sp³-hybridized carbons (Fsp3) is 0.850. The molecule has 4 heteroatoms. The molecule has 0 bridgehead atoms. The molecule has 24 heavy (non-hydrogen) atoms.